The summed E-state index contributed by atoms with van der Waals surface area (Å²) in [6.07, 6.45) is 3.76. The summed E-state index contributed by atoms with van der Waals surface area (Å²) in [5.41, 5.74) is 1.02. The molecule has 3 fully saturated rings. The largest absolute Gasteiger partial charge is 0.378 e. The van der Waals surface area contributed by atoms with Crippen LogP contribution in [0.1, 0.15) is 35.6 Å². The van der Waals surface area contributed by atoms with Crippen LogP contribution in [0.25, 0.3) is 0 Å². The number of hydrogen-bond acceptors (Lipinski definition) is 5. The summed E-state index contributed by atoms with van der Waals surface area (Å²) in [6.45, 7) is 2.38. The molecule has 5 unspecified atom stereocenters. The number of benzene rings is 1. The fourth-order valence-electron chi connectivity index (χ4n) is 6.24. The van der Waals surface area contributed by atoms with Crippen molar-refractivity contribution in [2.75, 3.05) is 26.3 Å². The standard InChI is InChI=1S/C23H24Cl2N2O3S2/c24-15-3-1-2-14(19(15)25)18-17-12-4-5-13(10-12)20(17)31-22-21(18)32-23(29)27(22)11-16(28)26-6-8-30-9-7-26/h1-3,12-13,17-18,20H,4-11H2. The number of carbonyl (C=O) groups excluding carboxylic acids is 1. The average molecular weight is 511 g/mol. The van der Waals surface area contributed by atoms with E-state index in [-0.39, 0.29) is 23.2 Å². The number of thioether (sulfide) groups is 1. The molecule has 5 nitrogen and oxygen atoms in total. The highest BCUT2D eigenvalue weighted by Gasteiger charge is 2.55. The summed E-state index contributed by atoms with van der Waals surface area (Å²) in [7, 11) is 0. The summed E-state index contributed by atoms with van der Waals surface area (Å²) in [5.74, 6) is 1.84. The molecule has 3 heterocycles. The fraction of sp³-hybridized carbons (Fsp3) is 0.565. The molecule has 4 aliphatic rings. The molecule has 2 aliphatic heterocycles. The SMILES string of the molecule is O=C(Cn1c2c(sc1=O)C(c1cccc(Cl)c1Cl)C1C3CCC(C3)C1S2)N1CCOCC1. The van der Waals surface area contributed by atoms with Crippen LogP contribution in [0.2, 0.25) is 10.0 Å². The van der Waals surface area contributed by atoms with Gasteiger partial charge in [0.2, 0.25) is 5.91 Å². The first kappa shape index (κ1) is 21.5. The van der Waals surface area contributed by atoms with Gasteiger partial charge in [-0.1, -0.05) is 46.7 Å². The van der Waals surface area contributed by atoms with Crippen LogP contribution in [0, 0.1) is 17.8 Å². The molecule has 1 amide bonds. The van der Waals surface area contributed by atoms with Crippen molar-refractivity contribution in [2.24, 2.45) is 17.8 Å². The molecule has 5 atom stereocenters. The molecule has 0 spiro atoms. The van der Waals surface area contributed by atoms with Gasteiger partial charge in [0.25, 0.3) is 0 Å². The Kier molecular flexibility index (Phi) is 5.62. The van der Waals surface area contributed by atoms with Gasteiger partial charge < -0.3 is 9.64 Å². The number of carbonyl (C=O) groups is 1. The number of fused-ring (bicyclic) bond motifs is 6. The quantitative estimate of drug-likeness (QED) is 0.598. The van der Waals surface area contributed by atoms with E-state index in [0.29, 0.717) is 59.4 Å². The number of aromatic nitrogens is 1. The first-order valence-electron chi connectivity index (χ1n) is 11.2. The summed E-state index contributed by atoms with van der Waals surface area (Å²) in [5, 5.41) is 2.57. The maximum atomic E-state index is 13.2. The van der Waals surface area contributed by atoms with Gasteiger partial charge in [-0.2, -0.15) is 0 Å². The minimum Gasteiger partial charge on any atom is -0.378 e. The van der Waals surface area contributed by atoms with Crippen LogP contribution in [-0.4, -0.2) is 46.9 Å². The molecule has 32 heavy (non-hydrogen) atoms. The first-order chi connectivity index (χ1) is 15.5. The Labute approximate surface area is 205 Å². The van der Waals surface area contributed by atoms with Crippen LogP contribution in [0.15, 0.2) is 28.0 Å². The van der Waals surface area contributed by atoms with Crippen molar-refractivity contribution in [2.45, 2.75) is 42.0 Å². The van der Waals surface area contributed by atoms with Crippen molar-refractivity contribution in [3.8, 4) is 0 Å². The number of amides is 1. The highest BCUT2D eigenvalue weighted by atomic mass is 35.5. The van der Waals surface area contributed by atoms with Gasteiger partial charge in [-0.15, -0.1) is 11.8 Å². The number of hydrogen-bond donors (Lipinski definition) is 0. The van der Waals surface area contributed by atoms with Crippen molar-refractivity contribution < 1.29 is 9.53 Å². The smallest absolute Gasteiger partial charge is 0.308 e. The third-order valence-corrected chi connectivity index (χ3v) is 11.3. The molecule has 2 aliphatic carbocycles. The molecular weight excluding hydrogens is 487 g/mol. The second-order valence-electron chi connectivity index (χ2n) is 9.23. The number of nitrogens with zero attached hydrogens (tertiary/aromatic N) is 2. The van der Waals surface area contributed by atoms with Crippen molar-refractivity contribution in [3.05, 3.63) is 48.4 Å². The molecule has 1 aromatic heterocycles. The predicted octanol–water partition coefficient (Wildman–Crippen LogP) is 4.73. The Morgan fingerprint density at radius 3 is 2.75 bits per heavy atom. The van der Waals surface area contributed by atoms with Crippen LogP contribution in [0.4, 0.5) is 0 Å². The molecule has 6 rings (SSSR count). The Morgan fingerprint density at radius 1 is 1.16 bits per heavy atom. The van der Waals surface area contributed by atoms with E-state index in [1.165, 1.54) is 30.6 Å². The molecule has 0 N–H and O–H groups in total. The van der Waals surface area contributed by atoms with E-state index in [9.17, 15) is 9.59 Å². The third kappa shape index (κ3) is 3.38. The Hall–Kier alpha value is -0.990. The second-order valence-corrected chi connectivity index (χ2v) is 12.2. The fourth-order valence-corrected chi connectivity index (χ4v) is 9.81. The highest BCUT2D eigenvalue weighted by Crippen LogP contribution is 2.64. The van der Waals surface area contributed by atoms with E-state index < -0.39 is 0 Å². The zero-order chi connectivity index (χ0) is 22.0. The predicted molar refractivity (Wildman–Crippen MR) is 128 cm³/mol. The van der Waals surface area contributed by atoms with E-state index in [4.69, 9.17) is 27.9 Å². The van der Waals surface area contributed by atoms with E-state index in [0.717, 1.165) is 15.5 Å². The highest BCUT2D eigenvalue weighted by molar-refractivity contribution is 8.00. The van der Waals surface area contributed by atoms with Crippen LogP contribution in [0.5, 0.6) is 0 Å². The molecule has 0 radical (unpaired) electrons. The lowest BCUT2D eigenvalue weighted by molar-refractivity contribution is -0.136. The van der Waals surface area contributed by atoms with Crippen LogP contribution < -0.4 is 4.87 Å². The average Bonchev–Trinajstić information content (AvgIpc) is 3.49. The van der Waals surface area contributed by atoms with Crippen molar-refractivity contribution >= 4 is 52.2 Å². The summed E-state index contributed by atoms with van der Waals surface area (Å²) < 4.78 is 7.09. The number of halogens is 2. The molecule has 9 heteroatoms. The van der Waals surface area contributed by atoms with Gasteiger partial charge in [-0.25, -0.2) is 0 Å². The third-order valence-electron chi connectivity index (χ3n) is 7.66. The number of ether oxygens (including phenoxy) is 1. The van der Waals surface area contributed by atoms with Crippen LogP contribution >= 0.6 is 46.3 Å². The molecule has 1 saturated heterocycles. The lowest BCUT2D eigenvalue weighted by atomic mass is 9.75. The molecule has 2 saturated carbocycles. The Balaban J connectivity index is 1.43. The molecule has 2 bridgehead atoms. The van der Waals surface area contributed by atoms with Gasteiger partial charge in [-0.05, 0) is 48.6 Å². The summed E-state index contributed by atoms with van der Waals surface area (Å²) in [4.78, 5) is 29.0. The summed E-state index contributed by atoms with van der Waals surface area (Å²) in [6, 6.07) is 5.84. The van der Waals surface area contributed by atoms with Gasteiger partial charge in [0.05, 0.1) is 28.3 Å². The second kappa shape index (κ2) is 8.35. The van der Waals surface area contributed by atoms with Crippen molar-refractivity contribution in [1.29, 1.82) is 0 Å². The molecule has 170 valence electrons. The summed E-state index contributed by atoms with van der Waals surface area (Å²) >= 11 is 16.3. The monoisotopic (exact) mass is 510 g/mol. The molecule has 1 aromatic carbocycles. The minimum absolute atomic E-state index is 0.0102. The van der Waals surface area contributed by atoms with Crippen molar-refractivity contribution in [3.63, 3.8) is 0 Å². The van der Waals surface area contributed by atoms with Crippen LogP contribution in [-0.2, 0) is 16.1 Å². The lowest BCUT2D eigenvalue weighted by Crippen LogP contribution is -2.43. The topological polar surface area (TPSA) is 51.5 Å². The van der Waals surface area contributed by atoms with E-state index >= 15 is 0 Å². The van der Waals surface area contributed by atoms with Gasteiger partial charge in [0, 0.05) is 29.1 Å². The first-order valence-corrected chi connectivity index (χ1v) is 13.7. The van der Waals surface area contributed by atoms with E-state index in [2.05, 4.69) is 6.07 Å². The normalized spacial score (nSPS) is 30.9. The molecular formula is C23H24Cl2N2O3S2. The number of morpholine rings is 1. The lowest BCUT2D eigenvalue weighted by Gasteiger charge is -2.41. The van der Waals surface area contributed by atoms with E-state index in [1.54, 1.807) is 9.47 Å². The van der Waals surface area contributed by atoms with E-state index in [1.807, 2.05) is 23.9 Å². The molecule has 2 aromatic rings. The zero-order valence-electron chi connectivity index (χ0n) is 17.5. The number of thiazole rings is 1. The van der Waals surface area contributed by atoms with Crippen molar-refractivity contribution in [1.82, 2.24) is 9.47 Å². The number of rotatable bonds is 3. The van der Waals surface area contributed by atoms with Gasteiger partial charge in [0.15, 0.2) is 0 Å². The van der Waals surface area contributed by atoms with Gasteiger partial charge >= 0.3 is 4.87 Å². The maximum absolute atomic E-state index is 13.2. The minimum atomic E-state index is -0.0559. The Bertz CT molecular complexity index is 1130. The van der Waals surface area contributed by atoms with Gasteiger partial charge in [-0.3, -0.25) is 14.2 Å². The zero-order valence-corrected chi connectivity index (χ0v) is 20.6. The van der Waals surface area contributed by atoms with Gasteiger partial charge in [0.1, 0.15) is 6.54 Å². The Morgan fingerprint density at radius 2 is 1.94 bits per heavy atom. The van der Waals surface area contributed by atoms with Crippen LogP contribution in [0.3, 0.4) is 0 Å². The maximum Gasteiger partial charge on any atom is 0.308 e.